The smallest absolute Gasteiger partial charge is 0.240 e. The van der Waals surface area contributed by atoms with E-state index >= 15 is 0 Å². The molecular weight excluding hydrogens is 349 g/mol. The molecule has 2 N–H and O–H groups in total. The van der Waals surface area contributed by atoms with Crippen molar-refractivity contribution in [3.8, 4) is 0 Å². The highest BCUT2D eigenvalue weighted by Crippen LogP contribution is 2.18. The third-order valence-corrected chi connectivity index (χ3v) is 4.31. The monoisotopic (exact) mass is 373 g/mol. The Hall–Kier alpha value is -1.30. The van der Waals surface area contributed by atoms with Crippen molar-refractivity contribution >= 4 is 35.8 Å². The van der Waals surface area contributed by atoms with Crippen LogP contribution in [-0.4, -0.2) is 42.4 Å². The zero-order chi connectivity index (χ0) is 16.7. The molecule has 0 aromatic heterocycles. The third-order valence-electron chi connectivity index (χ3n) is 3.94. The van der Waals surface area contributed by atoms with Gasteiger partial charge in [-0.25, -0.2) is 0 Å². The first-order chi connectivity index (χ1) is 11.1. The Bertz CT molecular complexity index is 554. The minimum Gasteiger partial charge on any atom is -0.356 e. The van der Waals surface area contributed by atoms with Crippen LogP contribution in [0, 0.1) is 0 Å². The molecular formula is C17H25Cl2N3O2. The summed E-state index contributed by atoms with van der Waals surface area (Å²) in [6, 6.07) is 7.07. The van der Waals surface area contributed by atoms with E-state index in [0.29, 0.717) is 31.2 Å². The highest BCUT2D eigenvalue weighted by molar-refractivity contribution is 6.31. The van der Waals surface area contributed by atoms with E-state index in [-0.39, 0.29) is 30.6 Å². The first kappa shape index (κ1) is 20.7. The Morgan fingerprint density at radius 3 is 2.88 bits per heavy atom. The molecule has 1 saturated heterocycles. The number of hydrogen-bond donors (Lipinski definition) is 2. The number of nitrogens with one attached hydrogen (secondary N) is 2. The largest absolute Gasteiger partial charge is 0.356 e. The topological polar surface area (TPSA) is 61.4 Å². The Morgan fingerprint density at radius 1 is 1.42 bits per heavy atom. The zero-order valence-electron chi connectivity index (χ0n) is 13.9. The maximum atomic E-state index is 12.5. The minimum absolute atomic E-state index is 0. The quantitative estimate of drug-likeness (QED) is 0.721. The number of nitrogens with zero attached hydrogens (tertiary/aromatic N) is 1. The van der Waals surface area contributed by atoms with Crippen molar-refractivity contribution in [3.63, 3.8) is 0 Å². The summed E-state index contributed by atoms with van der Waals surface area (Å²) in [5.41, 5.74) is 0.926. The summed E-state index contributed by atoms with van der Waals surface area (Å²) in [7, 11) is 0. The fourth-order valence-corrected chi connectivity index (χ4v) is 2.80. The van der Waals surface area contributed by atoms with Crippen molar-refractivity contribution in [1.29, 1.82) is 0 Å². The first-order valence-electron chi connectivity index (χ1n) is 8.14. The molecule has 1 heterocycles. The molecule has 24 heavy (non-hydrogen) atoms. The summed E-state index contributed by atoms with van der Waals surface area (Å²) in [6.45, 7) is 4.53. The average Bonchev–Trinajstić information content (AvgIpc) is 2.53. The van der Waals surface area contributed by atoms with Gasteiger partial charge in [-0.2, -0.15) is 0 Å². The number of carbonyl (C=O) groups excluding carboxylic acids is 2. The Kier molecular flexibility index (Phi) is 9.11. The summed E-state index contributed by atoms with van der Waals surface area (Å²) >= 11 is 6.17. The van der Waals surface area contributed by atoms with E-state index in [1.54, 1.807) is 4.90 Å². The van der Waals surface area contributed by atoms with E-state index in [9.17, 15) is 9.59 Å². The van der Waals surface area contributed by atoms with E-state index in [1.165, 1.54) is 0 Å². The molecule has 0 aliphatic carbocycles. The molecule has 0 radical (unpaired) electrons. The summed E-state index contributed by atoms with van der Waals surface area (Å²) in [5, 5.41) is 6.65. The van der Waals surface area contributed by atoms with Gasteiger partial charge in [-0.05, 0) is 18.1 Å². The van der Waals surface area contributed by atoms with Crippen molar-refractivity contribution in [2.75, 3.05) is 19.6 Å². The van der Waals surface area contributed by atoms with Crippen molar-refractivity contribution in [2.24, 2.45) is 0 Å². The molecule has 1 fully saturated rings. The number of hydrogen-bond acceptors (Lipinski definition) is 3. The van der Waals surface area contributed by atoms with E-state index < -0.39 is 6.04 Å². The van der Waals surface area contributed by atoms with Crippen LogP contribution in [0.2, 0.25) is 5.02 Å². The van der Waals surface area contributed by atoms with E-state index in [4.69, 9.17) is 11.6 Å². The zero-order valence-corrected chi connectivity index (χ0v) is 15.5. The van der Waals surface area contributed by atoms with Gasteiger partial charge < -0.3 is 15.5 Å². The Labute approximate surface area is 154 Å². The molecule has 7 heteroatoms. The molecule has 0 saturated carbocycles. The molecule has 1 unspecified atom stereocenters. The lowest BCUT2D eigenvalue weighted by Crippen LogP contribution is -2.55. The molecule has 2 rings (SSSR count). The average molecular weight is 374 g/mol. The van der Waals surface area contributed by atoms with Crippen LogP contribution in [0.3, 0.4) is 0 Å². The maximum Gasteiger partial charge on any atom is 0.240 e. The number of benzene rings is 1. The van der Waals surface area contributed by atoms with E-state index in [2.05, 4.69) is 17.6 Å². The molecule has 1 aromatic rings. The molecule has 1 atom stereocenters. The van der Waals surface area contributed by atoms with Gasteiger partial charge in [-0.1, -0.05) is 43.1 Å². The molecule has 0 spiro atoms. The number of carbonyl (C=O) groups is 2. The second-order valence-corrected chi connectivity index (χ2v) is 6.17. The summed E-state index contributed by atoms with van der Waals surface area (Å²) in [4.78, 5) is 26.2. The van der Waals surface area contributed by atoms with Crippen molar-refractivity contribution < 1.29 is 9.59 Å². The molecule has 1 aromatic carbocycles. The third kappa shape index (κ3) is 5.96. The summed E-state index contributed by atoms with van der Waals surface area (Å²) in [6.07, 6.45) is 2.17. The molecule has 2 amide bonds. The molecule has 0 bridgehead atoms. The normalized spacial score (nSPS) is 17.3. The number of rotatable bonds is 7. The van der Waals surface area contributed by atoms with Crippen LogP contribution in [0.1, 0.15) is 31.7 Å². The molecule has 5 nitrogen and oxygen atoms in total. The van der Waals surface area contributed by atoms with Gasteiger partial charge in [0.05, 0.1) is 12.5 Å². The fraction of sp³-hybridized carbons (Fsp3) is 0.529. The van der Waals surface area contributed by atoms with Crippen LogP contribution in [0.4, 0.5) is 0 Å². The lowest BCUT2D eigenvalue weighted by molar-refractivity contribution is -0.138. The van der Waals surface area contributed by atoms with Crippen LogP contribution < -0.4 is 10.6 Å². The van der Waals surface area contributed by atoms with Gasteiger partial charge in [-0.15, -0.1) is 12.4 Å². The van der Waals surface area contributed by atoms with Gasteiger partial charge in [0.15, 0.2) is 0 Å². The van der Waals surface area contributed by atoms with Gasteiger partial charge in [0.2, 0.25) is 11.8 Å². The fourth-order valence-electron chi connectivity index (χ4n) is 2.60. The van der Waals surface area contributed by atoms with E-state index in [0.717, 1.165) is 18.4 Å². The highest BCUT2D eigenvalue weighted by atomic mass is 35.5. The van der Waals surface area contributed by atoms with Crippen LogP contribution in [0.25, 0.3) is 0 Å². The minimum atomic E-state index is -0.451. The van der Waals surface area contributed by atoms with Crippen LogP contribution in [-0.2, 0) is 16.1 Å². The van der Waals surface area contributed by atoms with Crippen LogP contribution >= 0.6 is 24.0 Å². The lowest BCUT2D eigenvalue weighted by Gasteiger charge is -2.33. The van der Waals surface area contributed by atoms with Gasteiger partial charge in [0, 0.05) is 31.2 Å². The van der Waals surface area contributed by atoms with Gasteiger partial charge in [0.1, 0.15) is 0 Å². The predicted molar refractivity (Wildman–Crippen MR) is 98.4 cm³/mol. The molecule has 1 aliphatic heterocycles. The Morgan fingerprint density at radius 2 is 2.17 bits per heavy atom. The van der Waals surface area contributed by atoms with E-state index in [1.807, 2.05) is 24.3 Å². The van der Waals surface area contributed by atoms with Gasteiger partial charge >= 0.3 is 0 Å². The van der Waals surface area contributed by atoms with Crippen LogP contribution in [0.5, 0.6) is 0 Å². The second-order valence-electron chi connectivity index (χ2n) is 5.77. The van der Waals surface area contributed by atoms with Gasteiger partial charge in [0.25, 0.3) is 0 Å². The van der Waals surface area contributed by atoms with Gasteiger partial charge in [-0.3, -0.25) is 9.59 Å². The number of piperazine rings is 1. The first-order valence-corrected chi connectivity index (χ1v) is 8.52. The standard InChI is InChI=1S/C17H24ClN3O2.ClH/c1-2-3-8-20-16(22)11-15-17(23)21(10-9-19-15)12-13-6-4-5-7-14(13)18;/h4-7,15,19H,2-3,8-12H2,1H3,(H,20,22);1H. The lowest BCUT2D eigenvalue weighted by atomic mass is 10.1. The second kappa shape index (κ2) is 10.5. The number of halogens is 2. The number of amides is 2. The summed E-state index contributed by atoms with van der Waals surface area (Å²) < 4.78 is 0. The molecule has 1 aliphatic rings. The SMILES string of the molecule is CCCCNC(=O)CC1NCCN(Cc2ccccc2Cl)C1=O.Cl. The predicted octanol–water partition coefficient (Wildman–Crippen LogP) is 2.37. The van der Waals surface area contributed by atoms with Crippen molar-refractivity contribution in [2.45, 2.75) is 38.8 Å². The molecule has 134 valence electrons. The maximum absolute atomic E-state index is 12.5. The summed E-state index contributed by atoms with van der Waals surface area (Å²) in [5.74, 6) is -0.120. The van der Waals surface area contributed by atoms with Crippen LogP contribution in [0.15, 0.2) is 24.3 Å². The highest BCUT2D eigenvalue weighted by Gasteiger charge is 2.30. The Balaban J connectivity index is 0.00000288. The van der Waals surface area contributed by atoms with Crippen molar-refractivity contribution in [3.05, 3.63) is 34.9 Å². The van der Waals surface area contributed by atoms with Crippen molar-refractivity contribution in [1.82, 2.24) is 15.5 Å². The number of unbranched alkanes of at least 4 members (excludes halogenated alkanes) is 1.